The van der Waals surface area contributed by atoms with Gasteiger partial charge in [0.2, 0.25) is 0 Å². The number of aryl methyl sites for hydroxylation is 1. The molecule has 0 amide bonds. The number of hydrogen-bond donors (Lipinski definition) is 1. The van der Waals surface area contributed by atoms with Crippen LogP contribution in [0.1, 0.15) is 31.0 Å². The van der Waals surface area contributed by atoms with Crippen molar-refractivity contribution in [2.75, 3.05) is 14.2 Å². The number of benzene rings is 3. The molecule has 0 aliphatic carbocycles. The Hall–Kier alpha value is -2.98. The fraction of sp³-hybridized carbons (Fsp3) is 0.280. The summed E-state index contributed by atoms with van der Waals surface area (Å²) in [5, 5.41) is 6.15. The second-order valence-electron chi connectivity index (χ2n) is 7.36. The van der Waals surface area contributed by atoms with E-state index in [9.17, 15) is 0 Å². The molecule has 0 bridgehead atoms. The van der Waals surface area contributed by atoms with E-state index in [-0.39, 0.29) is 6.04 Å². The lowest BCUT2D eigenvalue weighted by atomic mass is 10.1. The summed E-state index contributed by atoms with van der Waals surface area (Å²) in [6.07, 6.45) is 0. The van der Waals surface area contributed by atoms with Crippen molar-refractivity contribution in [2.24, 2.45) is 0 Å². The number of aromatic nitrogens is 1. The van der Waals surface area contributed by atoms with Gasteiger partial charge in [0.15, 0.2) is 0 Å². The predicted molar refractivity (Wildman–Crippen MR) is 120 cm³/mol. The van der Waals surface area contributed by atoms with Gasteiger partial charge in [-0.3, -0.25) is 0 Å². The molecule has 150 valence electrons. The van der Waals surface area contributed by atoms with E-state index in [1.807, 2.05) is 18.2 Å². The molecule has 1 heterocycles. The fourth-order valence-electron chi connectivity index (χ4n) is 4.01. The molecule has 4 nitrogen and oxygen atoms in total. The molecule has 3 aromatic carbocycles. The summed E-state index contributed by atoms with van der Waals surface area (Å²) in [5.41, 5.74) is 5.00. The molecule has 0 aliphatic rings. The first-order chi connectivity index (χ1) is 14.1. The lowest BCUT2D eigenvalue weighted by molar-refractivity contribution is 0.413. The van der Waals surface area contributed by atoms with E-state index in [4.69, 9.17) is 9.47 Å². The van der Waals surface area contributed by atoms with Gasteiger partial charge in [0.1, 0.15) is 11.5 Å². The van der Waals surface area contributed by atoms with Gasteiger partial charge in [-0.25, -0.2) is 0 Å². The minimum absolute atomic E-state index is 0.234. The zero-order valence-electron chi connectivity index (χ0n) is 17.5. The molecule has 1 atom stereocenters. The van der Waals surface area contributed by atoms with Crippen molar-refractivity contribution in [3.8, 4) is 11.5 Å². The maximum absolute atomic E-state index is 5.46. The molecule has 0 aliphatic heterocycles. The average molecular weight is 389 g/mol. The average Bonchev–Trinajstić information content (AvgIpc) is 3.09. The number of rotatable bonds is 7. The van der Waals surface area contributed by atoms with Crippen LogP contribution in [-0.4, -0.2) is 18.8 Å². The molecule has 1 aromatic heterocycles. The van der Waals surface area contributed by atoms with E-state index in [0.29, 0.717) is 0 Å². The maximum atomic E-state index is 5.46. The van der Waals surface area contributed by atoms with Gasteiger partial charge in [-0.1, -0.05) is 18.2 Å². The normalized spacial score (nSPS) is 12.4. The molecule has 0 spiro atoms. The highest BCUT2D eigenvalue weighted by Gasteiger charge is 2.12. The van der Waals surface area contributed by atoms with E-state index in [1.54, 1.807) is 14.2 Å². The van der Waals surface area contributed by atoms with Gasteiger partial charge in [0.25, 0.3) is 0 Å². The van der Waals surface area contributed by atoms with Gasteiger partial charge in [-0.15, -0.1) is 0 Å². The van der Waals surface area contributed by atoms with Gasteiger partial charge >= 0.3 is 0 Å². The summed E-state index contributed by atoms with van der Waals surface area (Å²) < 4.78 is 13.2. The standard InChI is InChI=1S/C25H28N2O2/c1-5-27-24-11-9-18(13-22(24)23-15-21(29-4)10-12-25(23)27)16-26-17(2)19-7-6-8-20(14-19)28-3/h6-15,17,26H,5,16H2,1-4H3/t17-/m1/s1. The van der Waals surface area contributed by atoms with Crippen LogP contribution >= 0.6 is 0 Å². The monoisotopic (exact) mass is 388 g/mol. The van der Waals surface area contributed by atoms with E-state index in [0.717, 1.165) is 24.6 Å². The number of fused-ring (bicyclic) bond motifs is 3. The largest absolute Gasteiger partial charge is 0.497 e. The molecule has 0 saturated carbocycles. The Bertz CT molecular complexity index is 1150. The minimum Gasteiger partial charge on any atom is -0.497 e. The third kappa shape index (κ3) is 3.68. The van der Waals surface area contributed by atoms with Crippen LogP contribution in [0.15, 0.2) is 60.7 Å². The van der Waals surface area contributed by atoms with Crippen LogP contribution in [0, 0.1) is 0 Å². The first-order valence-electron chi connectivity index (χ1n) is 10.1. The van der Waals surface area contributed by atoms with E-state index in [1.165, 1.54) is 32.9 Å². The van der Waals surface area contributed by atoms with E-state index < -0.39 is 0 Å². The first-order valence-corrected chi connectivity index (χ1v) is 10.1. The van der Waals surface area contributed by atoms with E-state index >= 15 is 0 Å². The second kappa shape index (κ2) is 8.18. The molecule has 29 heavy (non-hydrogen) atoms. The Morgan fingerprint density at radius 2 is 1.55 bits per heavy atom. The maximum Gasteiger partial charge on any atom is 0.119 e. The smallest absolute Gasteiger partial charge is 0.119 e. The van der Waals surface area contributed by atoms with E-state index in [2.05, 4.69) is 66.2 Å². The number of hydrogen-bond acceptors (Lipinski definition) is 3. The Morgan fingerprint density at radius 3 is 2.28 bits per heavy atom. The molecule has 1 N–H and O–H groups in total. The number of ether oxygens (including phenoxy) is 2. The lowest BCUT2D eigenvalue weighted by Crippen LogP contribution is -2.18. The quantitative estimate of drug-likeness (QED) is 0.442. The van der Waals surface area contributed by atoms with Crippen molar-refractivity contribution in [1.82, 2.24) is 9.88 Å². The predicted octanol–water partition coefficient (Wildman–Crippen LogP) is 5.68. The zero-order valence-corrected chi connectivity index (χ0v) is 17.5. The van der Waals surface area contributed by atoms with Crippen LogP contribution in [-0.2, 0) is 13.1 Å². The van der Waals surface area contributed by atoms with Crippen molar-refractivity contribution in [3.05, 3.63) is 71.8 Å². The minimum atomic E-state index is 0.234. The first kappa shape index (κ1) is 19.3. The van der Waals surface area contributed by atoms with Gasteiger partial charge in [0.05, 0.1) is 14.2 Å². The molecule has 0 fully saturated rings. The van der Waals surface area contributed by atoms with Gasteiger partial charge in [0, 0.05) is 40.9 Å². The van der Waals surface area contributed by atoms with Crippen LogP contribution in [0.3, 0.4) is 0 Å². The topological polar surface area (TPSA) is 35.4 Å². The zero-order chi connectivity index (χ0) is 20.4. The summed E-state index contributed by atoms with van der Waals surface area (Å²) in [4.78, 5) is 0. The number of methoxy groups -OCH3 is 2. The van der Waals surface area contributed by atoms with Crippen LogP contribution in [0.25, 0.3) is 21.8 Å². The molecule has 0 radical (unpaired) electrons. The molecule has 4 heteroatoms. The summed E-state index contributed by atoms with van der Waals surface area (Å²) in [6, 6.07) is 21.5. The van der Waals surface area contributed by atoms with Crippen molar-refractivity contribution >= 4 is 21.8 Å². The Kier molecular flexibility index (Phi) is 5.45. The van der Waals surface area contributed by atoms with Gasteiger partial charge < -0.3 is 19.4 Å². The van der Waals surface area contributed by atoms with Gasteiger partial charge in [-0.05, 0) is 67.4 Å². The molecular weight excluding hydrogens is 360 g/mol. The molecular formula is C25H28N2O2. The summed E-state index contributed by atoms with van der Waals surface area (Å²) in [6.45, 7) is 6.11. The molecule has 4 aromatic rings. The summed E-state index contributed by atoms with van der Waals surface area (Å²) in [7, 11) is 3.42. The summed E-state index contributed by atoms with van der Waals surface area (Å²) >= 11 is 0. The van der Waals surface area contributed by atoms with Crippen molar-refractivity contribution in [2.45, 2.75) is 33.0 Å². The Morgan fingerprint density at radius 1 is 0.862 bits per heavy atom. The molecule has 0 saturated heterocycles. The number of nitrogens with zero attached hydrogens (tertiary/aromatic N) is 1. The lowest BCUT2D eigenvalue weighted by Gasteiger charge is -2.15. The van der Waals surface area contributed by atoms with Gasteiger partial charge in [-0.2, -0.15) is 0 Å². The van der Waals surface area contributed by atoms with Crippen LogP contribution in [0.2, 0.25) is 0 Å². The third-order valence-corrected chi connectivity index (χ3v) is 5.66. The highest BCUT2D eigenvalue weighted by Crippen LogP contribution is 2.32. The highest BCUT2D eigenvalue weighted by atomic mass is 16.5. The Balaban J connectivity index is 1.63. The Labute approximate surface area is 172 Å². The number of nitrogens with one attached hydrogen (secondary N) is 1. The van der Waals surface area contributed by atoms with Crippen LogP contribution in [0.4, 0.5) is 0 Å². The molecule has 4 rings (SSSR count). The fourth-order valence-corrected chi connectivity index (χ4v) is 4.01. The SMILES string of the molecule is CCn1c2ccc(CN[C@H](C)c3cccc(OC)c3)cc2c2cc(OC)ccc21. The van der Waals surface area contributed by atoms with Crippen molar-refractivity contribution in [3.63, 3.8) is 0 Å². The van der Waals surface area contributed by atoms with Crippen LogP contribution < -0.4 is 14.8 Å². The highest BCUT2D eigenvalue weighted by molar-refractivity contribution is 6.08. The summed E-state index contributed by atoms with van der Waals surface area (Å²) in [5.74, 6) is 1.78. The molecule has 0 unspecified atom stereocenters. The van der Waals surface area contributed by atoms with Crippen molar-refractivity contribution < 1.29 is 9.47 Å². The van der Waals surface area contributed by atoms with Crippen molar-refractivity contribution in [1.29, 1.82) is 0 Å². The third-order valence-electron chi connectivity index (χ3n) is 5.66. The second-order valence-corrected chi connectivity index (χ2v) is 7.36. The van der Waals surface area contributed by atoms with Crippen LogP contribution in [0.5, 0.6) is 11.5 Å².